The molecule has 0 aliphatic carbocycles. The second kappa shape index (κ2) is 5.73. The van der Waals surface area contributed by atoms with E-state index in [1.807, 2.05) is 13.0 Å². The first-order valence-corrected chi connectivity index (χ1v) is 7.99. The van der Waals surface area contributed by atoms with Crippen molar-refractivity contribution in [2.45, 2.75) is 25.2 Å². The first kappa shape index (κ1) is 15.3. The highest BCUT2D eigenvalue weighted by molar-refractivity contribution is 7.92. The summed E-state index contributed by atoms with van der Waals surface area (Å²) in [6.45, 7) is 3.48. The Balaban J connectivity index is 2.38. The van der Waals surface area contributed by atoms with E-state index in [-0.39, 0.29) is 16.1 Å². The zero-order valence-electron chi connectivity index (χ0n) is 11.9. The first-order valence-electron chi connectivity index (χ1n) is 6.51. The lowest BCUT2D eigenvalue weighted by Crippen LogP contribution is -2.14. The second-order valence-electron chi connectivity index (χ2n) is 4.78. The summed E-state index contributed by atoms with van der Waals surface area (Å²) in [7, 11) is -3.87. The number of nitrogen functional groups attached to an aromatic ring is 1. The lowest BCUT2D eigenvalue weighted by molar-refractivity contribution is 0.593. The Morgan fingerprint density at radius 1 is 1.24 bits per heavy atom. The number of nitrogens with one attached hydrogen (secondary N) is 1. The summed E-state index contributed by atoms with van der Waals surface area (Å²) >= 11 is 0. The molecule has 2 rings (SSSR count). The third kappa shape index (κ3) is 3.33. The predicted molar refractivity (Wildman–Crippen MR) is 82.2 cm³/mol. The monoisotopic (exact) mass is 308 g/mol. The molecule has 21 heavy (non-hydrogen) atoms. The molecule has 6 heteroatoms. The normalized spacial score (nSPS) is 11.4. The number of anilines is 2. The van der Waals surface area contributed by atoms with Crippen LogP contribution in [-0.2, 0) is 16.4 Å². The minimum Gasteiger partial charge on any atom is -0.398 e. The quantitative estimate of drug-likeness (QED) is 0.853. The van der Waals surface area contributed by atoms with Crippen LogP contribution in [0.25, 0.3) is 0 Å². The number of rotatable bonds is 4. The van der Waals surface area contributed by atoms with Crippen molar-refractivity contribution in [2.24, 2.45) is 0 Å². The third-order valence-corrected chi connectivity index (χ3v) is 4.62. The Bertz CT molecular complexity index is 750. The van der Waals surface area contributed by atoms with Gasteiger partial charge in [0.05, 0.1) is 4.90 Å². The Morgan fingerprint density at radius 3 is 2.57 bits per heavy atom. The van der Waals surface area contributed by atoms with Gasteiger partial charge in [0.25, 0.3) is 10.0 Å². The van der Waals surface area contributed by atoms with Crippen molar-refractivity contribution >= 4 is 21.4 Å². The van der Waals surface area contributed by atoms with Gasteiger partial charge >= 0.3 is 0 Å². The Morgan fingerprint density at radius 2 is 1.95 bits per heavy atom. The van der Waals surface area contributed by atoms with E-state index in [1.54, 1.807) is 18.2 Å². The van der Waals surface area contributed by atoms with Crippen molar-refractivity contribution in [3.8, 4) is 0 Å². The highest BCUT2D eigenvalue weighted by Crippen LogP contribution is 2.23. The van der Waals surface area contributed by atoms with Gasteiger partial charge in [-0.3, -0.25) is 4.72 Å². The number of halogens is 1. The van der Waals surface area contributed by atoms with E-state index in [1.165, 1.54) is 13.0 Å². The summed E-state index contributed by atoms with van der Waals surface area (Å²) in [4.78, 5) is -0.190. The summed E-state index contributed by atoms with van der Waals surface area (Å²) in [6.07, 6.45) is 0.793. The van der Waals surface area contributed by atoms with Crippen LogP contribution in [0.2, 0.25) is 0 Å². The summed E-state index contributed by atoms with van der Waals surface area (Å²) < 4.78 is 40.7. The number of aryl methyl sites for hydroxylation is 1. The zero-order valence-corrected chi connectivity index (χ0v) is 12.7. The van der Waals surface area contributed by atoms with Crippen molar-refractivity contribution in [3.05, 3.63) is 53.3 Å². The molecule has 0 fully saturated rings. The fourth-order valence-electron chi connectivity index (χ4n) is 1.90. The van der Waals surface area contributed by atoms with Gasteiger partial charge in [-0.2, -0.15) is 0 Å². The fraction of sp³-hybridized carbons (Fsp3) is 0.200. The van der Waals surface area contributed by atoms with Crippen LogP contribution in [0.4, 0.5) is 15.8 Å². The molecular weight excluding hydrogens is 291 g/mol. The van der Waals surface area contributed by atoms with Crippen LogP contribution < -0.4 is 10.5 Å². The molecule has 112 valence electrons. The molecule has 3 N–H and O–H groups in total. The maximum atomic E-state index is 13.7. The molecule has 0 saturated heterocycles. The molecule has 0 bridgehead atoms. The lowest BCUT2D eigenvalue weighted by Gasteiger charge is -2.11. The molecule has 0 spiro atoms. The SMILES string of the molecule is CCc1cccc(NS(=O)(=O)c2cc(N)c(C)c(F)c2)c1. The van der Waals surface area contributed by atoms with E-state index in [2.05, 4.69) is 4.72 Å². The van der Waals surface area contributed by atoms with Crippen LogP contribution in [0.1, 0.15) is 18.1 Å². The van der Waals surface area contributed by atoms with Gasteiger partial charge in [0.2, 0.25) is 0 Å². The van der Waals surface area contributed by atoms with Crippen molar-refractivity contribution < 1.29 is 12.8 Å². The molecule has 0 unspecified atom stereocenters. The molecule has 0 radical (unpaired) electrons. The standard InChI is InChI=1S/C15H17FN2O2S/c1-3-11-5-4-6-12(7-11)18-21(19,20)13-8-14(16)10(2)15(17)9-13/h4-9,18H,3,17H2,1-2H3. The Hall–Kier alpha value is -2.08. The van der Waals surface area contributed by atoms with Gasteiger partial charge in [-0.1, -0.05) is 19.1 Å². The first-order chi connectivity index (χ1) is 9.83. The lowest BCUT2D eigenvalue weighted by atomic mass is 10.1. The number of hydrogen-bond donors (Lipinski definition) is 2. The van der Waals surface area contributed by atoms with Crippen molar-refractivity contribution in [1.82, 2.24) is 0 Å². The zero-order chi connectivity index (χ0) is 15.6. The maximum absolute atomic E-state index is 13.7. The molecule has 2 aromatic rings. The van der Waals surface area contributed by atoms with Gasteiger partial charge in [-0.25, -0.2) is 12.8 Å². The molecule has 4 nitrogen and oxygen atoms in total. The van der Waals surface area contributed by atoms with Crippen LogP contribution in [0, 0.1) is 12.7 Å². The van der Waals surface area contributed by atoms with Gasteiger partial charge in [0.15, 0.2) is 0 Å². The molecule has 0 aliphatic rings. The smallest absolute Gasteiger partial charge is 0.262 e. The summed E-state index contributed by atoms with van der Waals surface area (Å²) in [6, 6.07) is 9.28. The Kier molecular flexibility index (Phi) is 4.18. The molecule has 2 aromatic carbocycles. The van der Waals surface area contributed by atoms with E-state index in [0.29, 0.717) is 5.69 Å². The third-order valence-electron chi connectivity index (χ3n) is 3.26. The van der Waals surface area contributed by atoms with Crippen LogP contribution in [0.3, 0.4) is 0 Å². The van der Waals surface area contributed by atoms with E-state index in [9.17, 15) is 12.8 Å². The van der Waals surface area contributed by atoms with E-state index >= 15 is 0 Å². The van der Waals surface area contributed by atoms with Crippen LogP contribution in [-0.4, -0.2) is 8.42 Å². The number of nitrogens with two attached hydrogens (primary N) is 1. The highest BCUT2D eigenvalue weighted by Gasteiger charge is 2.17. The minimum absolute atomic E-state index is 0.109. The Labute approximate surface area is 123 Å². The summed E-state index contributed by atoms with van der Waals surface area (Å²) in [5.74, 6) is -0.641. The van der Waals surface area contributed by atoms with Crippen LogP contribution in [0.15, 0.2) is 41.3 Å². The van der Waals surface area contributed by atoms with Crippen LogP contribution in [0.5, 0.6) is 0 Å². The number of sulfonamides is 1. The molecule has 0 heterocycles. The average molecular weight is 308 g/mol. The fourth-order valence-corrected chi connectivity index (χ4v) is 2.99. The van der Waals surface area contributed by atoms with Crippen molar-refractivity contribution in [1.29, 1.82) is 0 Å². The van der Waals surface area contributed by atoms with E-state index < -0.39 is 15.8 Å². The maximum Gasteiger partial charge on any atom is 0.262 e. The van der Waals surface area contributed by atoms with Crippen molar-refractivity contribution in [3.63, 3.8) is 0 Å². The molecule has 0 saturated carbocycles. The molecular formula is C15H17FN2O2S. The molecule has 0 amide bonds. The highest BCUT2D eigenvalue weighted by atomic mass is 32.2. The van der Waals surface area contributed by atoms with Crippen molar-refractivity contribution in [2.75, 3.05) is 10.5 Å². The summed E-state index contributed by atoms with van der Waals surface area (Å²) in [5.41, 5.74) is 7.42. The van der Waals surface area contributed by atoms with Gasteiger partial charge in [-0.05, 0) is 43.2 Å². The second-order valence-corrected chi connectivity index (χ2v) is 6.46. The predicted octanol–water partition coefficient (Wildman–Crippen LogP) is 3.08. The average Bonchev–Trinajstić information content (AvgIpc) is 2.44. The molecule has 0 aromatic heterocycles. The summed E-state index contributed by atoms with van der Waals surface area (Å²) in [5, 5.41) is 0. The van der Waals surface area contributed by atoms with Gasteiger partial charge in [0, 0.05) is 16.9 Å². The van der Waals surface area contributed by atoms with Gasteiger partial charge in [0.1, 0.15) is 5.82 Å². The molecule has 0 atom stereocenters. The minimum atomic E-state index is -3.87. The van der Waals surface area contributed by atoms with Gasteiger partial charge < -0.3 is 5.73 Å². The molecule has 0 aliphatic heterocycles. The topological polar surface area (TPSA) is 72.2 Å². The number of benzene rings is 2. The van der Waals surface area contributed by atoms with E-state index in [4.69, 9.17) is 5.73 Å². The van der Waals surface area contributed by atoms with E-state index in [0.717, 1.165) is 18.1 Å². The number of hydrogen-bond acceptors (Lipinski definition) is 3. The van der Waals surface area contributed by atoms with Crippen LogP contribution >= 0.6 is 0 Å². The largest absolute Gasteiger partial charge is 0.398 e. The van der Waals surface area contributed by atoms with Gasteiger partial charge in [-0.15, -0.1) is 0 Å².